The van der Waals surface area contributed by atoms with E-state index in [2.05, 4.69) is 56.3 Å². The van der Waals surface area contributed by atoms with Crippen molar-refractivity contribution in [2.24, 2.45) is 17.4 Å². The molecule has 2 aromatic carbocycles. The van der Waals surface area contributed by atoms with Gasteiger partial charge >= 0.3 is 12.2 Å². The second kappa shape index (κ2) is 30.1. The number of carbonyl (C=O) groups is 8. The summed E-state index contributed by atoms with van der Waals surface area (Å²) >= 11 is 5.61. The van der Waals surface area contributed by atoms with E-state index in [1.54, 1.807) is 65.8 Å². The van der Waals surface area contributed by atoms with Crippen LogP contribution in [0.25, 0.3) is 11.1 Å². The molecule has 2 aromatic rings. The van der Waals surface area contributed by atoms with E-state index in [0.717, 1.165) is 30.4 Å². The monoisotopic (exact) mass is 1020 g/mol. The number of carbonyl (C=O) groups excluding carboxylic acids is 8. The number of aryl methyl sites for hydroxylation is 1. The number of alkyl carbamates (subject to hydrolysis) is 2. The molecule has 0 bridgehead atoms. The molecule has 396 valence electrons. The van der Waals surface area contributed by atoms with Gasteiger partial charge in [-0.25, -0.2) is 9.59 Å². The number of amides is 7. The largest absolute Gasteiger partial charge is 0.444 e. The third kappa shape index (κ3) is 24.2. The summed E-state index contributed by atoms with van der Waals surface area (Å²) in [7, 11) is 0. The van der Waals surface area contributed by atoms with Gasteiger partial charge in [-0.2, -0.15) is 0 Å². The fourth-order valence-electron chi connectivity index (χ4n) is 6.53. The molecule has 2 rings (SSSR count). The first kappa shape index (κ1) is 61.3. The zero-order chi connectivity index (χ0) is 53.5. The summed E-state index contributed by atoms with van der Waals surface area (Å²) in [6.45, 7) is 17.9. The molecule has 20 nitrogen and oxygen atoms in total. The number of hydrogen-bond acceptors (Lipinski definition) is 13. The van der Waals surface area contributed by atoms with Gasteiger partial charge in [0.25, 0.3) is 11.8 Å². The Morgan fingerprint density at radius 2 is 1.13 bits per heavy atom. The van der Waals surface area contributed by atoms with Crippen molar-refractivity contribution in [2.75, 3.05) is 25.6 Å². The summed E-state index contributed by atoms with van der Waals surface area (Å²) in [6, 6.07) is 10.9. The van der Waals surface area contributed by atoms with Gasteiger partial charge < -0.3 is 62.9 Å². The zero-order valence-electron chi connectivity index (χ0n) is 43.0. The average Bonchev–Trinajstić information content (AvgIpc) is 3.29. The first-order valence-corrected chi connectivity index (χ1v) is 24.6. The standard InChI is InChI=1S/C50H78ClN9O11/c1-11-12-15-32-17-19-33(20-18-32)34-21-23-35(24-22-34)42(62)56-37(25-27-55-48(68)71-50(8,9)10)43(63)58-39(31(4)69-29-30(2)3)45(65)60-41(53)46(66)57-36(44(64)59-40(52)38(61)28-51)16-13-14-26-54-47(67)70-49(5,6)7/h17-24,30-31,36-37,39-41H,11-16,25-29,52-53H2,1-10H3,(H,54,67)(H,55,68)(H,56,62)(H,57,66)(H,58,63)(H,59,64)(H,60,65)/t31-,36+,37+,39+,40-,41-/m1/s1. The molecular weight excluding hydrogens is 938 g/mol. The molecule has 7 amide bonds. The molecule has 0 saturated carbocycles. The number of benzene rings is 2. The minimum Gasteiger partial charge on any atom is -0.444 e. The number of alkyl halides is 1. The predicted molar refractivity (Wildman–Crippen MR) is 271 cm³/mol. The number of rotatable bonds is 28. The van der Waals surface area contributed by atoms with E-state index in [1.807, 2.05) is 26.0 Å². The molecule has 0 fully saturated rings. The van der Waals surface area contributed by atoms with Crippen molar-refractivity contribution in [3.63, 3.8) is 0 Å². The average molecular weight is 1020 g/mol. The normalized spacial score (nSPS) is 14.1. The van der Waals surface area contributed by atoms with Crippen LogP contribution in [0.1, 0.15) is 124 Å². The Balaban J connectivity index is 2.33. The molecule has 71 heavy (non-hydrogen) atoms. The Hall–Kier alpha value is -5.83. The van der Waals surface area contributed by atoms with Crippen LogP contribution in [0.4, 0.5) is 9.59 Å². The second-order valence-electron chi connectivity index (χ2n) is 19.6. The van der Waals surface area contributed by atoms with Crippen LogP contribution in [0.5, 0.6) is 0 Å². The van der Waals surface area contributed by atoms with Crippen LogP contribution < -0.4 is 48.7 Å². The quantitative estimate of drug-likeness (QED) is 0.0331. The van der Waals surface area contributed by atoms with Crippen molar-refractivity contribution in [2.45, 2.75) is 162 Å². The van der Waals surface area contributed by atoms with E-state index in [0.29, 0.717) is 6.42 Å². The molecule has 0 heterocycles. The summed E-state index contributed by atoms with van der Waals surface area (Å²) in [5.41, 5.74) is 13.8. The van der Waals surface area contributed by atoms with E-state index in [1.165, 1.54) is 12.5 Å². The maximum absolute atomic E-state index is 14.2. The van der Waals surface area contributed by atoms with Crippen LogP contribution in [-0.2, 0) is 44.6 Å². The highest BCUT2D eigenvalue weighted by Crippen LogP contribution is 2.21. The van der Waals surface area contributed by atoms with Gasteiger partial charge in [0, 0.05) is 25.3 Å². The first-order valence-electron chi connectivity index (χ1n) is 24.1. The molecule has 11 N–H and O–H groups in total. The van der Waals surface area contributed by atoms with Gasteiger partial charge in [-0.3, -0.25) is 28.8 Å². The van der Waals surface area contributed by atoms with Gasteiger partial charge in [-0.15, -0.1) is 11.6 Å². The van der Waals surface area contributed by atoms with Crippen LogP contribution in [0, 0.1) is 5.92 Å². The van der Waals surface area contributed by atoms with E-state index in [-0.39, 0.29) is 50.4 Å². The number of hydrogen-bond donors (Lipinski definition) is 9. The number of ether oxygens (including phenoxy) is 3. The third-order valence-corrected chi connectivity index (χ3v) is 10.6. The number of nitrogens with two attached hydrogens (primary N) is 2. The third-order valence-electron chi connectivity index (χ3n) is 10.3. The Labute approximate surface area is 423 Å². The van der Waals surface area contributed by atoms with Crippen molar-refractivity contribution < 1.29 is 52.6 Å². The molecule has 21 heteroatoms. The molecule has 0 aliphatic heterocycles. The lowest BCUT2D eigenvalue weighted by atomic mass is 10.0. The van der Waals surface area contributed by atoms with E-state index in [4.69, 9.17) is 37.3 Å². The summed E-state index contributed by atoms with van der Waals surface area (Å²) in [5, 5.41) is 17.7. The van der Waals surface area contributed by atoms with Gasteiger partial charge in [-0.1, -0.05) is 63.6 Å². The van der Waals surface area contributed by atoms with Crippen LogP contribution in [0.2, 0.25) is 0 Å². The van der Waals surface area contributed by atoms with E-state index >= 15 is 0 Å². The molecule has 0 aromatic heterocycles. The molecule has 0 aliphatic rings. The summed E-state index contributed by atoms with van der Waals surface area (Å²) in [5.74, 6) is -5.42. The van der Waals surface area contributed by atoms with Gasteiger partial charge in [0.15, 0.2) is 11.9 Å². The molecule has 0 unspecified atom stereocenters. The number of ketones is 1. The maximum atomic E-state index is 14.2. The molecule has 6 atom stereocenters. The number of unbranched alkanes of at least 4 members (excludes halogenated alkanes) is 2. The Bertz CT molecular complexity index is 2060. The second-order valence-corrected chi connectivity index (χ2v) is 19.9. The highest BCUT2D eigenvalue weighted by Gasteiger charge is 2.34. The summed E-state index contributed by atoms with van der Waals surface area (Å²) in [4.78, 5) is 106. The van der Waals surface area contributed by atoms with Crippen LogP contribution >= 0.6 is 11.6 Å². The zero-order valence-corrected chi connectivity index (χ0v) is 43.7. The summed E-state index contributed by atoms with van der Waals surface area (Å²) < 4.78 is 16.5. The highest BCUT2D eigenvalue weighted by molar-refractivity contribution is 6.28. The molecule has 0 radical (unpaired) electrons. The fourth-order valence-corrected chi connectivity index (χ4v) is 6.69. The van der Waals surface area contributed by atoms with Crippen LogP contribution in [0.3, 0.4) is 0 Å². The molecular formula is C50H78ClN9O11. The Morgan fingerprint density at radius 1 is 0.606 bits per heavy atom. The first-order chi connectivity index (χ1) is 33.2. The smallest absolute Gasteiger partial charge is 0.407 e. The van der Waals surface area contributed by atoms with Crippen LogP contribution in [-0.4, -0.2) is 121 Å². The number of halogens is 1. The molecule has 0 saturated heterocycles. The van der Waals surface area contributed by atoms with E-state index < -0.39 is 101 Å². The molecule has 0 aliphatic carbocycles. The lowest BCUT2D eigenvalue weighted by Crippen LogP contribution is -2.63. The molecule has 0 spiro atoms. The van der Waals surface area contributed by atoms with Crippen molar-refractivity contribution in [1.29, 1.82) is 0 Å². The SMILES string of the molecule is CCCCc1ccc(-c2ccc(C(=O)N[C@@H](CCNC(=O)OC(C)(C)C)C(=O)N[C@H](C(=O)N[C@@H](N)C(=O)N[C@@H](CCCCNC(=O)OC(C)(C)C)C(=O)N[C@@H](N)C(=O)CCl)[C@@H](C)OCC(C)C)cc2)cc1. The van der Waals surface area contributed by atoms with Crippen LogP contribution in [0.15, 0.2) is 48.5 Å². The van der Waals surface area contributed by atoms with Crippen molar-refractivity contribution >= 4 is 59.1 Å². The van der Waals surface area contributed by atoms with Gasteiger partial charge in [-0.05, 0) is 122 Å². The lowest BCUT2D eigenvalue weighted by molar-refractivity contribution is -0.137. The van der Waals surface area contributed by atoms with Gasteiger partial charge in [0.05, 0.1) is 12.0 Å². The lowest BCUT2D eigenvalue weighted by Gasteiger charge is -2.29. The number of Topliss-reactive ketones (excluding diaryl/α,β-unsaturated/α-hetero) is 1. The fraction of sp³-hybridized carbons (Fsp3) is 0.600. The van der Waals surface area contributed by atoms with Gasteiger partial charge in [0.1, 0.15) is 35.5 Å². The summed E-state index contributed by atoms with van der Waals surface area (Å²) in [6.07, 6.45) is -2.04. The van der Waals surface area contributed by atoms with Crippen molar-refractivity contribution in [1.82, 2.24) is 37.2 Å². The van der Waals surface area contributed by atoms with Crippen molar-refractivity contribution in [3.8, 4) is 11.1 Å². The number of nitrogens with one attached hydrogen (secondary N) is 7. The topological polar surface area (TPSA) is 300 Å². The van der Waals surface area contributed by atoms with E-state index in [9.17, 15) is 38.4 Å². The minimum atomic E-state index is -1.79. The van der Waals surface area contributed by atoms with Crippen molar-refractivity contribution in [3.05, 3.63) is 59.7 Å². The highest BCUT2D eigenvalue weighted by atomic mass is 35.5. The maximum Gasteiger partial charge on any atom is 0.407 e. The Kier molecular flexibility index (Phi) is 26.0. The predicted octanol–water partition coefficient (Wildman–Crippen LogP) is 4.05. The minimum absolute atomic E-state index is 0.0106. The van der Waals surface area contributed by atoms with Gasteiger partial charge in [0.2, 0.25) is 17.7 Å². The Morgan fingerprint density at radius 3 is 1.66 bits per heavy atom.